The predicted molar refractivity (Wildman–Crippen MR) is 102 cm³/mol. The average molecular weight is 464 g/mol. The Bertz CT molecular complexity index is 1070. The van der Waals surface area contributed by atoms with Crippen LogP contribution in [0.15, 0.2) is 34.7 Å². The first kappa shape index (κ1) is 23.5. The number of amides is 2. The average Bonchev–Trinajstić information content (AvgIpc) is 3.03. The predicted octanol–water partition coefficient (Wildman–Crippen LogP) is 3.47. The molecule has 1 heterocycles. The fourth-order valence-corrected chi connectivity index (χ4v) is 3.50. The van der Waals surface area contributed by atoms with Crippen LogP contribution in [0.4, 0.5) is 18.2 Å². The van der Waals surface area contributed by atoms with Gasteiger partial charge in [0.15, 0.2) is 0 Å². The van der Waals surface area contributed by atoms with Gasteiger partial charge in [0.25, 0.3) is 11.8 Å². The second-order valence-corrected chi connectivity index (χ2v) is 7.89. The van der Waals surface area contributed by atoms with Crippen molar-refractivity contribution in [1.82, 2.24) is 0 Å². The normalized spacial score (nSPS) is 12.4. The first-order valence-corrected chi connectivity index (χ1v) is 10.1. The van der Waals surface area contributed by atoms with Crippen molar-refractivity contribution in [2.75, 3.05) is 5.32 Å². The zero-order valence-electron chi connectivity index (χ0n) is 15.4. The number of benzene rings is 1. The van der Waals surface area contributed by atoms with Crippen LogP contribution in [0.25, 0.3) is 10.4 Å². The summed E-state index contributed by atoms with van der Waals surface area (Å²) in [5, 5.41) is 12.1. The summed E-state index contributed by atoms with van der Waals surface area (Å²) in [6.07, 6.45) is -6.24. The highest BCUT2D eigenvalue weighted by Gasteiger charge is 2.31. The largest absolute Gasteiger partial charge is 0.573 e. The number of nitrogens with one attached hydrogen (secondary N) is 1. The van der Waals surface area contributed by atoms with E-state index in [1.165, 1.54) is 18.2 Å². The summed E-state index contributed by atoms with van der Waals surface area (Å²) in [5.74, 6) is -2.85. The molecule has 2 rings (SSSR count). The lowest BCUT2D eigenvalue weighted by Gasteiger charge is -2.13. The summed E-state index contributed by atoms with van der Waals surface area (Å²) in [4.78, 5) is 24.6. The Morgan fingerprint density at radius 3 is 2.30 bits per heavy atom. The fraction of sp³-hybridized carbons (Fsp3) is 0.294. The molecule has 2 aromatic rings. The third kappa shape index (κ3) is 6.37. The second-order valence-electron chi connectivity index (χ2n) is 6.22. The van der Waals surface area contributed by atoms with Crippen LogP contribution in [0.5, 0.6) is 5.75 Å². The van der Waals surface area contributed by atoms with E-state index in [1.807, 2.05) is 0 Å². The van der Waals surface area contributed by atoms with E-state index in [1.54, 1.807) is 13.8 Å². The quantitative estimate of drug-likeness (QED) is 0.675. The Morgan fingerprint density at radius 2 is 1.80 bits per heavy atom. The van der Waals surface area contributed by atoms with Crippen LogP contribution in [-0.2, 0) is 15.3 Å². The summed E-state index contributed by atoms with van der Waals surface area (Å²) >= 11 is 0.857. The minimum atomic E-state index is -4.85. The molecule has 0 saturated heterocycles. The molecule has 1 aromatic carbocycles. The minimum absolute atomic E-state index is 0.0653. The summed E-state index contributed by atoms with van der Waals surface area (Å²) < 4.78 is 65.0. The molecule has 2 N–H and O–H groups in total. The number of carbonyl (C=O) groups is 2. The first-order chi connectivity index (χ1) is 13.9. The standard InChI is InChI=1S/C17H15F3N2O6S2/c1-8(2)13(23)15(25)21-16-11(14(24)22-30(26)27)7-12(29-16)9-3-5-10(6-4-9)28-17(18,19)20/h3-8,13,23H,1-2H3,(H,21,25). The Hall–Kier alpha value is -2.77. The third-order valence-electron chi connectivity index (χ3n) is 3.63. The molecule has 0 saturated carbocycles. The molecule has 13 heteroatoms. The number of alkyl halides is 3. The first-order valence-electron chi connectivity index (χ1n) is 8.21. The Kier molecular flexibility index (Phi) is 7.34. The van der Waals surface area contributed by atoms with Gasteiger partial charge in [0.05, 0.1) is 5.56 Å². The van der Waals surface area contributed by atoms with Crippen molar-refractivity contribution in [3.63, 3.8) is 0 Å². The number of hydrogen-bond donors (Lipinski definition) is 2. The second kappa shape index (κ2) is 9.36. The van der Waals surface area contributed by atoms with Crippen molar-refractivity contribution in [1.29, 1.82) is 0 Å². The van der Waals surface area contributed by atoms with Crippen LogP contribution >= 0.6 is 11.3 Å². The number of aliphatic hydroxyl groups is 1. The number of anilines is 1. The van der Waals surface area contributed by atoms with E-state index in [4.69, 9.17) is 0 Å². The van der Waals surface area contributed by atoms with Crippen molar-refractivity contribution >= 4 is 38.7 Å². The van der Waals surface area contributed by atoms with Gasteiger partial charge in [0, 0.05) is 4.88 Å². The van der Waals surface area contributed by atoms with Gasteiger partial charge >= 0.3 is 16.9 Å². The lowest BCUT2D eigenvalue weighted by Crippen LogP contribution is -2.32. The Balaban J connectivity index is 2.42. The lowest BCUT2D eigenvalue weighted by atomic mass is 10.1. The highest BCUT2D eigenvalue weighted by atomic mass is 32.2. The number of rotatable bonds is 6. The molecule has 0 aliphatic heterocycles. The van der Waals surface area contributed by atoms with E-state index in [-0.39, 0.29) is 10.6 Å². The molecule has 0 bridgehead atoms. The molecule has 0 radical (unpaired) electrons. The van der Waals surface area contributed by atoms with Crippen molar-refractivity contribution in [2.45, 2.75) is 26.3 Å². The molecule has 0 spiro atoms. The SMILES string of the molecule is CC(C)C(O)C(=O)Nc1sc(-c2ccc(OC(F)(F)F)cc2)cc1C(=O)N=S(=O)=O. The summed E-state index contributed by atoms with van der Waals surface area (Å²) in [6.45, 7) is 3.19. The third-order valence-corrected chi connectivity index (χ3v) is 5.04. The molecular formula is C17H15F3N2O6S2. The van der Waals surface area contributed by atoms with E-state index in [0.29, 0.717) is 10.4 Å². The summed E-state index contributed by atoms with van der Waals surface area (Å²) in [6, 6.07) is 5.93. The lowest BCUT2D eigenvalue weighted by molar-refractivity contribution is -0.274. The van der Waals surface area contributed by atoms with Crippen molar-refractivity contribution in [3.8, 4) is 16.2 Å². The molecule has 0 aliphatic carbocycles. The number of halogens is 3. The van der Waals surface area contributed by atoms with Crippen molar-refractivity contribution in [3.05, 3.63) is 35.9 Å². The van der Waals surface area contributed by atoms with E-state index < -0.39 is 46.4 Å². The zero-order chi connectivity index (χ0) is 22.6. The highest BCUT2D eigenvalue weighted by Crippen LogP contribution is 2.37. The number of nitrogens with zero attached hydrogens (tertiary/aromatic N) is 1. The van der Waals surface area contributed by atoms with Crippen molar-refractivity contribution in [2.24, 2.45) is 10.3 Å². The number of carbonyl (C=O) groups excluding carboxylic acids is 2. The van der Waals surface area contributed by atoms with Gasteiger partial charge in [-0.1, -0.05) is 18.2 Å². The van der Waals surface area contributed by atoms with Gasteiger partial charge in [-0.05, 0) is 41.8 Å². The maximum Gasteiger partial charge on any atom is 0.573 e. The van der Waals surface area contributed by atoms with Gasteiger partial charge in [-0.15, -0.1) is 24.5 Å². The van der Waals surface area contributed by atoms with Gasteiger partial charge in [-0.2, -0.15) is 8.42 Å². The van der Waals surface area contributed by atoms with E-state index in [0.717, 1.165) is 23.5 Å². The molecule has 30 heavy (non-hydrogen) atoms. The van der Waals surface area contributed by atoms with Gasteiger partial charge in [0.1, 0.15) is 16.9 Å². The maximum atomic E-state index is 12.3. The molecule has 0 aliphatic rings. The number of ether oxygens (including phenoxy) is 1. The number of aliphatic hydroxyl groups excluding tert-OH is 1. The number of thiophene rings is 1. The van der Waals surface area contributed by atoms with Gasteiger partial charge in [0.2, 0.25) is 0 Å². The van der Waals surface area contributed by atoms with Crippen LogP contribution in [0.2, 0.25) is 0 Å². The Labute approximate surface area is 174 Å². The van der Waals surface area contributed by atoms with Crippen LogP contribution < -0.4 is 10.1 Å². The van der Waals surface area contributed by atoms with E-state index in [9.17, 15) is 36.3 Å². The number of hydrogen-bond acceptors (Lipinski definition) is 7. The molecule has 8 nitrogen and oxygen atoms in total. The highest BCUT2D eigenvalue weighted by molar-refractivity contribution is 7.62. The molecule has 0 fully saturated rings. The van der Waals surface area contributed by atoms with E-state index >= 15 is 0 Å². The van der Waals surface area contributed by atoms with Gasteiger partial charge in [-0.3, -0.25) is 9.59 Å². The monoisotopic (exact) mass is 464 g/mol. The minimum Gasteiger partial charge on any atom is -0.406 e. The summed E-state index contributed by atoms with van der Waals surface area (Å²) in [7, 11) is -3.04. The zero-order valence-corrected chi connectivity index (χ0v) is 17.1. The molecule has 162 valence electrons. The maximum absolute atomic E-state index is 12.3. The molecule has 2 amide bonds. The van der Waals surface area contributed by atoms with Gasteiger partial charge < -0.3 is 15.2 Å². The topological polar surface area (TPSA) is 122 Å². The van der Waals surface area contributed by atoms with Crippen LogP contribution in [0.3, 0.4) is 0 Å². The fourth-order valence-electron chi connectivity index (χ4n) is 2.21. The Morgan fingerprint density at radius 1 is 1.20 bits per heavy atom. The summed E-state index contributed by atoms with van der Waals surface area (Å²) in [5.41, 5.74) is 0.121. The van der Waals surface area contributed by atoms with Crippen LogP contribution in [-0.4, -0.2) is 37.8 Å². The molecule has 1 unspecified atom stereocenters. The molecule has 1 atom stereocenters. The van der Waals surface area contributed by atoms with Crippen LogP contribution in [0.1, 0.15) is 24.2 Å². The van der Waals surface area contributed by atoms with Crippen LogP contribution in [0, 0.1) is 5.92 Å². The van der Waals surface area contributed by atoms with Gasteiger partial charge in [-0.25, -0.2) is 0 Å². The smallest absolute Gasteiger partial charge is 0.406 e. The molecular weight excluding hydrogens is 449 g/mol. The van der Waals surface area contributed by atoms with Crippen molar-refractivity contribution < 1.29 is 41.0 Å². The molecule has 1 aromatic heterocycles. The van der Waals surface area contributed by atoms with E-state index in [2.05, 4.69) is 14.4 Å².